The summed E-state index contributed by atoms with van der Waals surface area (Å²) in [7, 11) is 0. The highest BCUT2D eigenvalue weighted by atomic mass is 35.5. The summed E-state index contributed by atoms with van der Waals surface area (Å²) in [5.41, 5.74) is 6.23. The van der Waals surface area contributed by atoms with Crippen LogP contribution in [0.2, 0.25) is 0 Å². The predicted molar refractivity (Wildman–Crippen MR) is 78.8 cm³/mol. The normalized spacial score (nSPS) is 21.4. The molecule has 0 aromatic heterocycles. The Hall–Kier alpha value is 0.210. The van der Waals surface area contributed by atoms with E-state index in [2.05, 4.69) is 18.7 Å². The van der Waals surface area contributed by atoms with Gasteiger partial charge in [-0.1, -0.05) is 33.1 Å². The van der Waals surface area contributed by atoms with Crippen LogP contribution in [0.5, 0.6) is 0 Å². The highest BCUT2D eigenvalue weighted by Gasteiger charge is 2.19. The van der Waals surface area contributed by atoms with E-state index in [1.54, 1.807) is 0 Å². The van der Waals surface area contributed by atoms with Crippen LogP contribution in [0.25, 0.3) is 0 Å². The fourth-order valence-electron chi connectivity index (χ4n) is 2.80. The lowest BCUT2D eigenvalue weighted by Crippen LogP contribution is -2.39. The number of rotatable bonds is 6. The molecular formula is C14H31ClN2. The summed E-state index contributed by atoms with van der Waals surface area (Å²) in [6.45, 7) is 8.34. The smallest absolute Gasteiger partial charge is 0.00767 e. The third kappa shape index (κ3) is 6.64. The van der Waals surface area contributed by atoms with Gasteiger partial charge < -0.3 is 10.6 Å². The van der Waals surface area contributed by atoms with E-state index in [4.69, 9.17) is 5.73 Å². The maximum atomic E-state index is 6.23. The zero-order valence-electron chi connectivity index (χ0n) is 11.7. The van der Waals surface area contributed by atoms with E-state index in [1.807, 2.05) is 0 Å². The summed E-state index contributed by atoms with van der Waals surface area (Å²) in [6.07, 6.45) is 9.32. The molecule has 1 heterocycles. The third-order valence-electron chi connectivity index (χ3n) is 3.93. The minimum atomic E-state index is 0. The first kappa shape index (κ1) is 17.2. The van der Waals surface area contributed by atoms with E-state index in [0.717, 1.165) is 6.42 Å². The summed E-state index contributed by atoms with van der Waals surface area (Å²) in [6, 6.07) is 0.406. The van der Waals surface area contributed by atoms with Crippen LogP contribution in [0, 0.1) is 5.92 Å². The number of halogens is 1. The monoisotopic (exact) mass is 262 g/mol. The molecule has 17 heavy (non-hydrogen) atoms. The largest absolute Gasteiger partial charge is 0.327 e. The van der Waals surface area contributed by atoms with E-state index in [0.29, 0.717) is 12.0 Å². The zero-order valence-corrected chi connectivity index (χ0v) is 12.5. The van der Waals surface area contributed by atoms with Crippen molar-refractivity contribution in [3.63, 3.8) is 0 Å². The van der Waals surface area contributed by atoms with Crippen molar-refractivity contribution >= 4 is 12.4 Å². The lowest BCUT2D eigenvalue weighted by molar-refractivity contribution is 0.209. The molecule has 3 heteroatoms. The molecule has 104 valence electrons. The zero-order chi connectivity index (χ0) is 11.8. The highest BCUT2D eigenvalue weighted by molar-refractivity contribution is 5.85. The number of nitrogens with two attached hydrogens (primary N) is 1. The standard InChI is InChI=1S/C14H30N2.ClH/c1-3-9-13(14(15)4-2)12-16-10-7-5-6-8-11-16;/h13-14H,3-12,15H2,1-2H3;1H. The third-order valence-corrected chi connectivity index (χ3v) is 3.93. The average Bonchev–Trinajstić information content (AvgIpc) is 2.56. The fraction of sp³-hybridized carbons (Fsp3) is 1.00. The van der Waals surface area contributed by atoms with Crippen LogP contribution in [0.15, 0.2) is 0 Å². The average molecular weight is 263 g/mol. The van der Waals surface area contributed by atoms with Crippen LogP contribution in [0.4, 0.5) is 0 Å². The Labute approximate surface area is 114 Å². The van der Waals surface area contributed by atoms with E-state index >= 15 is 0 Å². The van der Waals surface area contributed by atoms with Crippen LogP contribution >= 0.6 is 12.4 Å². The van der Waals surface area contributed by atoms with Crippen LogP contribution in [0.1, 0.15) is 58.8 Å². The number of nitrogens with zero attached hydrogens (tertiary/aromatic N) is 1. The summed E-state index contributed by atoms with van der Waals surface area (Å²) >= 11 is 0. The minimum absolute atomic E-state index is 0. The molecule has 1 fully saturated rings. The second kappa shape index (κ2) is 10.2. The lowest BCUT2D eigenvalue weighted by atomic mass is 9.93. The second-order valence-electron chi connectivity index (χ2n) is 5.34. The molecule has 0 aromatic rings. The van der Waals surface area contributed by atoms with Crippen LogP contribution in [-0.2, 0) is 0 Å². The molecule has 0 amide bonds. The van der Waals surface area contributed by atoms with Crippen LogP contribution in [-0.4, -0.2) is 30.6 Å². The maximum Gasteiger partial charge on any atom is 0.00767 e. The maximum absolute atomic E-state index is 6.23. The summed E-state index contributed by atoms with van der Waals surface area (Å²) in [5, 5.41) is 0. The van der Waals surface area contributed by atoms with Crippen molar-refractivity contribution in [2.45, 2.75) is 64.8 Å². The van der Waals surface area contributed by atoms with Gasteiger partial charge in [-0.25, -0.2) is 0 Å². The molecule has 2 atom stereocenters. The quantitative estimate of drug-likeness (QED) is 0.795. The molecule has 1 aliphatic rings. The first-order chi connectivity index (χ1) is 7.77. The van der Waals surface area contributed by atoms with Gasteiger partial charge in [0.05, 0.1) is 0 Å². The lowest BCUT2D eigenvalue weighted by Gasteiger charge is -2.29. The van der Waals surface area contributed by atoms with E-state index in [1.165, 1.54) is 58.2 Å². The van der Waals surface area contributed by atoms with Crippen molar-refractivity contribution in [2.24, 2.45) is 11.7 Å². The van der Waals surface area contributed by atoms with Crippen molar-refractivity contribution in [3.8, 4) is 0 Å². The number of hydrogen-bond donors (Lipinski definition) is 1. The van der Waals surface area contributed by atoms with Gasteiger partial charge >= 0.3 is 0 Å². The topological polar surface area (TPSA) is 29.3 Å². The molecule has 2 N–H and O–H groups in total. The molecule has 0 aromatic carbocycles. The molecular weight excluding hydrogens is 232 g/mol. The molecule has 1 rings (SSSR count). The van der Waals surface area contributed by atoms with Gasteiger partial charge in [0.1, 0.15) is 0 Å². The van der Waals surface area contributed by atoms with Crippen molar-refractivity contribution in [3.05, 3.63) is 0 Å². The molecule has 0 radical (unpaired) electrons. The van der Waals surface area contributed by atoms with Gasteiger partial charge in [0.15, 0.2) is 0 Å². The Kier molecular flexibility index (Phi) is 10.3. The van der Waals surface area contributed by atoms with E-state index in [-0.39, 0.29) is 12.4 Å². The van der Waals surface area contributed by atoms with Gasteiger partial charge in [-0.05, 0) is 44.7 Å². The van der Waals surface area contributed by atoms with Gasteiger partial charge in [0.2, 0.25) is 0 Å². The molecule has 1 aliphatic heterocycles. The Balaban J connectivity index is 0.00000256. The van der Waals surface area contributed by atoms with Crippen LogP contribution in [0.3, 0.4) is 0 Å². The van der Waals surface area contributed by atoms with Crippen molar-refractivity contribution in [1.29, 1.82) is 0 Å². The Bertz CT molecular complexity index is 168. The molecule has 1 saturated heterocycles. The van der Waals surface area contributed by atoms with Gasteiger partial charge in [-0.2, -0.15) is 0 Å². The summed E-state index contributed by atoms with van der Waals surface area (Å²) in [5.74, 6) is 0.716. The Morgan fingerprint density at radius 3 is 2.12 bits per heavy atom. The van der Waals surface area contributed by atoms with Crippen LogP contribution < -0.4 is 5.73 Å². The van der Waals surface area contributed by atoms with Gasteiger partial charge in [0, 0.05) is 12.6 Å². The van der Waals surface area contributed by atoms with Crippen molar-refractivity contribution in [2.75, 3.05) is 19.6 Å². The van der Waals surface area contributed by atoms with Gasteiger partial charge in [-0.15, -0.1) is 12.4 Å². The van der Waals surface area contributed by atoms with Gasteiger partial charge in [-0.3, -0.25) is 0 Å². The molecule has 0 bridgehead atoms. The fourth-order valence-corrected chi connectivity index (χ4v) is 2.80. The van der Waals surface area contributed by atoms with E-state index < -0.39 is 0 Å². The van der Waals surface area contributed by atoms with Crippen molar-refractivity contribution < 1.29 is 0 Å². The number of likely N-dealkylation sites (tertiary alicyclic amines) is 1. The first-order valence-corrected chi connectivity index (χ1v) is 7.25. The molecule has 2 unspecified atom stereocenters. The Morgan fingerprint density at radius 1 is 1.06 bits per heavy atom. The van der Waals surface area contributed by atoms with Crippen molar-refractivity contribution in [1.82, 2.24) is 4.90 Å². The summed E-state index contributed by atoms with van der Waals surface area (Å²) in [4.78, 5) is 2.66. The molecule has 0 spiro atoms. The number of hydrogen-bond acceptors (Lipinski definition) is 2. The summed E-state index contributed by atoms with van der Waals surface area (Å²) < 4.78 is 0. The first-order valence-electron chi connectivity index (χ1n) is 7.25. The Morgan fingerprint density at radius 2 is 1.65 bits per heavy atom. The second-order valence-corrected chi connectivity index (χ2v) is 5.34. The van der Waals surface area contributed by atoms with E-state index in [9.17, 15) is 0 Å². The molecule has 2 nitrogen and oxygen atoms in total. The van der Waals surface area contributed by atoms with Gasteiger partial charge in [0.25, 0.3) is 0 Å². The molecule has 0 aliphatic carbocycles. The predicted octanol–water partition coefficient (Wildman–Crippen LogP) is 3.44. The minimum Gasteiger partial charge on any atom is -0.327 e. The SMILES string of the molecule is CCCC(CN1CCCCCC1)C(N)CC.Cl. The molecule has 0 saturated carbocycles. The highest BCUT2D eigenvalue weighted by Crippen LogP contribution is 2.17.